The summed E-state index contributed by atoms with van der Waals surface area (Å²) in [6.45, 7) is 2.26. The third-order valence-electron chi connectivity index (χ3n) is 2.78. The van der Waals surface area contributed by atoms with Crippen LogP contribution in [0.2, 0.25) is 5.02 Å². The molecule has 0 spiro atoms. The molecule has 0 fully saturated rings. The molecule has 1 aromatic carbocycles. The number of aliphatic hydroxyl groups excluding tert-OH is 1. The smallest absolute Gasteiger partial charge is 0.330 e. The summed E-state index contributed by atoms with van der Waals surface area (Å²) in [6.07, 6.45) is 4.55. The maximum absolute atomic E-state index is 11.2. The molecule has 3 nitrogen and oxygen atoms in total. The zero-order valence-corrected chi connectivity index (χ0v) is 11.8. The number of esters is 1. The van der Waals surface area contributed by atoms with Crippen LogP contribution in [0.3, 0.4) is 0 Å². The van der Waals surface area contributed by atoms with Gasteiger partial charge >= 0.3 is 5.97 Å². The van der Waals surface area contributed by atoms with Crippen LogP contribution >= 0.6 is 11.6 Å². The van der Waals surface area contributed by atoms with E-state index in [4.69, 9.17) is 21.4 Å². The lowest BCUT2D eigenvalue weighted by Crippen LogP contribution is -2.02. The van der Waals surface area contributed by atoms with E-state index >= 15 is 0 Å². The maximum atomic E-state index is 11.2. The first-order chi connectivity index (χ1) is 9.17. The molecule has 0 bridgehead atoms. The van der Waals surface area contributed by atoms with Gasteiger partial charge in [0.1, 0.15) is 0 Å². The Morgan fingerprint density at radius 3 is 2.68 bits per heavy atom. The lowest BCUT2D eigenvalue weighted by atomic mass is 9.93. The van der Waals surface area contributed by atoms with Crippen LogP contribution in [-0.2, 0) is 9.53 Å². The first kappa shape index (κ1) is 15.7. The molecule has 1 rings (SSSR count). The molecular weight excluding hydrogens is 264 g/mol. The second kappa shape index (κ2) is 8.73. The third kappa shape index (κ3) is 5.90. The van der Waals surface area contributed by atoms with Gasteiger partial charge in [0.15, 0.2) is 0 Å². The van der Waals surface area contributed by atoms with Crippen molar-refractivity contribution in [1.29, 1.82) is 0 Å². The highest BCUT2D eigenvalue weighted by molar-refractivity contribution is 6.30. The Morgan fingerprint density at radius 1 is 1.42 bits per heavy atom. The molecule has 4 heteroatoms. The predicted octanol–water partition coefficient (Wildman–Crippen LogP) is 3.32. The molecule has 1 atom stereocenters. The molecular formula is C15H19ClO3. The topological polar surface area (TPSA) is 46.5 Å². The molecule has 0 unspecified atom stereocenters. The summed E-state index contributed by atoms with van der Waals surface area (Å²) in [5.74, 6) is -0.158. The summed E-state index contributed by atoms with van der Waals surface area (Å²) in [6, 6.07) is 7.55. The van der Waals surface area contributed by atoms with E-state index in [1.807, 2.05) is 24.3 Å². The molecule has 0 saturated heterocycles. The van der Waals surface area contributed by atoms with Crippen LogP contribution < -0.4 is 0 Å². The molecule has 1 aromatic rings. The normalized spacial score (nSPS) is 12.6. The molecule has 0 radical (unpaired) electrons. The SMILES string of the molecule is CCOC(=O)/C=C/C[C@H](CCO)c1ccc(Cl)cc1. The Hall–Kier alpha value is -1.32. The van der Waals surface area contributed by atoms with Gasteiger partial charge in [-0.2, -0.15) is 0 Å². The standard InChI is InChI=1S/C15H19ClO3/c1-2-19-15(18)5-3-4-12(10-11-17)13-6-8-14(16)9-7-13/h3,5-9,12,17H,2,4,10-11H2,1H3/b5-3+/t12-/m1/s1. The summed E-state index contributed by atoms with van der Waals surface area (Å²) in [4.78, 5) is 11.2. The quantitative estimate of drug-likeness (QED) is 0.616. The lowest BCUT2D eigenvalue weighted by Gasteiger charge is -2.14. The minimum absolute atomic E-state index is 0.112. The van der Waals surface area contributed by atoms with E-state index in [2.05, 4.69) is 0 Å². The van der Waals surface area contributed by atoms with Crippen molar-refractivity contribution in [1.82, 2.24) is 0 Å². The van der Waals surface area contributed by atoms with Gasteiger partial charge in [-0.1, -0.05) is 29.8 Å². The van der Waals surface area contributed by atoms with Crippen molar-refractivity contribution in [3.8, 4) is 0 Å². The first-order valence-electron chi connectivity index (χ1n) is 6.37. The molecule has 19 heavy (non-hydrogen) atoms. The van der Waals surface area contributed by atoms with E-state index in [1.165, 1.54) is 6.08 Å². The summed E-state index contributed by atoms with van der Waals surface area (Å²) in [7, 11) is 0. The van der Waals surface area contributed by atoms with Gasteiger partial charge in [-0.25, -0.2) is 4.79 Å². The summed E-state index contributed by atoms with van der Waals surface area (Å²) < 4.78 is 4.81. The first-order valence-corrected chi connectivity index (χ1v) is 6.74. The third-order valence-corrected chi connectivity index (χ3v) is 3.03. The van der Waals surface area contributed by atoms with E-state index in [1.54, 1.807) is 13.0 Å². The van der Waals surface area contributed by atoms with Crippen LogP contribution in [0.5, 0.6) is 0 Å². The van der Waals surface area contributed by atoms with Crippen LogP contribution in [0.25, 0.3) is 0 Å². The number of rotatable bonds is 7. The molecule has 0 aromatic heterocycles. The molecule has 0 saturated carbocycles. The highest BCUT2D eigenvalue weighted by Crippen LogP contribution is 2.25. The number of ether oxygens (including phenoxy) is 1. The second-order valence-corrected chi connectivity index (χ2v) is 4.59. The van der Waals surface area contributed by atoms with Crippen LogP contribution in [-0.4, -0.2) is 24.3 Å². The van der Waals surface area contributed by atoms with Crippen LogP contribution in [0.4, 0.5) is 0 Å². The zero-order valence-electron chi connectivity index (χ0n) is 11.0. The number of allylic oxidation sites excluding steroid dienone is 1. The van der Waals surface area contributed by atoms with Crippen molar-refractivity contribution >= 4 is 17.6 Å². The Morgan fingerprint density at radius 2 is 2.11 bits per heavy atom. The van der Waals surface area contributed by atoms with E-state index in [0.29, 0.717) is 24.5 Å². The Labute approximate surface area is 118 Å². The fourth-order valence-electron chi connectivity index (χ4n) is 1.83. The van der Waals surface area contributed by atoms with Crippen molar-refractivity contribution in [2.24, 2.45) is 0 Å². The predicted molar refractivity (Wildman–Crippen MR) is 76.3 cm³/mol. The van der Waals surface area contributed by atoms with Crippen LogP contribution in [0.15, 0.2) is 36.4 Å². The van der Waals surface area contributed by atoms with Gasteiger partial charge in [-0.15, -0.1) is 0 Å². The molecule has 104 valence electrons. The van der Waals surface area contributed by atoms with Gasteiger partial charge in [-0.3, -0.25) is 0 Å². The second-order valence-electron chi connectivity index (χ2n) is 4.15. The number of carbonyl (C=O) groups is 1. The van der Waals surface area contributed by atoms with Gasteiger partial charge < -0.3 is 9.84 Å². The van der Waals surface area contributed by atoms with Crippen molar-refractivity contribution in [2.75, 3.05) is 13.2 Å². The highest BCUT2D eigenvalue weighted by atomic mass is 35.5. The Bertz CT molecular complexity index is 412. The maximum Gasteiger partial charge on any atom is 0.330 e. The Balaban J connectivity index is 2.62. The molecule has 0 aliphatic heterocycles. The number of hydrogen-bond donors (Lipinski definition) is 1. The molecule has 0 amide bonds. The number of benzene rings is 1. The van der Waals surface area contributed by atoms with E-state index in [9.17, 15) is 4.79 Å². The van der Waals surface area contributed by atoms with Crippen LogP contribution in [0.1, 0.15) is 31.2 Å². The van der Waals surface area contributed by atoms with E-state index in [-0.39, 0.29) is 18.5 Å². The van der Waals surface area contributed by atoms with Gasteiger partial charge in [0, 0.05) is 17.7 Å². The molecule has 1 N–H and O–H groups in total. The monoisotopic (exact) mass is 282 g/mol. The zero-order chi connectivity index (χ0) is 14.1. The fraction of sp³-hybridized carbons (Fsp3) is 0.400. The molecule has 0 aliphatic carbocycles. The molecule has 0 heterocycles. The number of carbonyl (C=O) groups excluding carboxylic acids is 1. The van der Waals surface area contributed by atoms with Gasteiger partial charge in [0.05, 0.1) is 6.61 Å². The van der Waals surface area contributed by atoms with Gasteiger partial charge in [0.2, 0.25) is 0 Å². The minimum atomic E-state index is -0.332. The largest absolute Gasteiger partial charge is 0.463 e. The number of hydrogen-bond acceptors (Lipinski definition) is 3. The van der Waals surface area contributed by atoms with Crippen molar-refractivity contribution < 1.29 is 14.6 Å². The van der Waals surface area contributed by atoms with Crippen molar-refractivity contribution in [2.45, 2.75) is 25.7 Å². The van der Waals surface area contributed by atoms with Gasteiger partial charge in [-0.05, 0) is 43.4 Å². The number of aliphatic hydroxyl groups is 1. The van der Waals surface area contributed by atoms with E-state index in [0.717, 1.165) is 5.56 Å². The number of halogens is 1. The minimum Gasteiger partial charge on any atom is -0.463 e. The van der Waals surface area contributed by atoms with Crippen molar-refractivity contribution in [3.05, 3.63) is 47.0 Å². The summed E-state index contributed by atoms with van der Waals surface area (Å²) in [5.41, 5.74) is 1.10. The summed E-state index contributed by atoms with van der Waals surface area (Å²) >= 11 is 5.85. The van der Waals surface area contributed by atoms with Crippen molar-refractivity contribution in [3.63, 3.8) is 0 Å². The highest BCUT2D eigenvalue weighted by Gasteiger charge is 2.09. The fourth-order valence-corrected chi connectivity index (χ4v) is 1.96. The Kier molecular flexibility index (Phi) is 7.23. The average molecular weight is 283 g/mol. The van der Waals surface area contributed by atoms with E-state index < -0.39 is 0 Å². The average Bonchev–Trinajstić information content (AvgIpc) is 2.39. The van der Waals surface area contributed by atoms with Crippen LogP contribution in [0, 0.1) is 0 Å². The molecule has 0 aliphatic rings. The summed E-state index contributed by atoms with van der Waals surface area (Å²) in [5, 5.41) is 9.79. The van der Waals surface area contributed by atoms with Gasteiger partial charge in [0.25, 0.3) is 0 Å². The lowest BCUT2D eigenvalue weighted by molar-refractivity contribution is -0.137.